The lowest BCUT2D eigenvalue weighted by Gasteiger charge is -2.40. The Morgan fingerprint density at radius 3 is 2.30 bits per heavy atom. The zero-order valence-corrected chi connectivity index (χ0v) is 22.1. The molecule has 8 nitrogen and oxygen atoms in total. The molecule has 2 aromatic heterocycles. The quantitative estimate of drug-likeness (QED) is 0.358. The number of pyridine rings is 1. The van der Waals surface area contributed by atoms with Crippen LogP contribution in [-0.2, 0) is 11.2 Å². The van der Waals surface area contributed by atoms with Crippen LogP contribution in [0.15, 0.2) is 95.9 Å². The van der Waals surface area contributed by atoms with Gasteiger partial charge in [-0.05, 0) is 29.8 Å². The zero-order chi connectivity index (χ0) is 27.6. The fourth-order valence-electron chi connectivity index (χ4n) is 6.44. The molecule has 200 valence electrons. The maximum absolute atomic E-state index is 14.3. The topological polar surface area (TPSA) is 91.5 Å². The molecule has 0 radical (unpaired) electrons. The summed E-state index contributed by atoms with van der Waals surface area (Å²) in [5.74, 6) is 1.17. The Morgan fingerprint density at radius 2 is 1.60 bits per heavy atom. The number of nitrogens with zero attached hydrogens (tertiary/aromatic N) is 2. The van der Waals surface area contributed by atoms with E-state index in [4.69, 9.17) is 23.9 Å². The van der Waals surface area contributed by atoms with Gasteiger partial charge in [-0.25, -0.2) is 4.98 Å². The summed E-state index contributed by atoms with van der Waals surface area (Å²) in [5, 5.41) is 13.3. The molecular formula is C32H26N2O6. The lowest BCUT2D eigenvalue weighted by molar-refractivity contribution is -0.0909. The SMILES string of the molecule is COc1ccc([C@@]23Oc4cc(OC)cc(OC)c4[C@]2(O)c2nc4ccccn4c(=O)c2[C@H]3c2ccccc2)cc1. The van der Waals surface area contributed by atoms with Crippen LogP contribution in [0.5, 0.6) is 23.0 Å². The van der Waals surface area contributed by atoms with Gasteiger partial charge in [0.1, 0.15) is 28.6 Å². The third-order valence-corrected chi connectivity index (χ3v) is 8.12. The number of ether oxygens (including phenoxy) is 4. The summed E-state index contributed by atoms with van der Waals surface area (Å²) in [7, 11) is 4.68. The van der Waals surface area contributed by atoms with Crippen molar-refractivity contribution in [1.82, 2.24) is 9.38 Å². The number of fused-ring (bicyclic) bond motifs is 6. The van der Waals surface area contributed by atoms with E-state index in [0.29, 0.717) is 45.3 Å². The predicted octanol–water partition coefficient (Wildman–Crippen LogP) is 4.39. The molecule has 0 saturated heterocycles. The molecule has 40 heavy (non-hydrogen) atoms. The van der Waals surface area contributed by atoms with Crippen molar-refractivity contribution in [2.45, 2.75) is 17.1 Å². The van der Waals surface area contributed by atoms with Crippen LogP contribution in [0, 0.1) is 0 Å². The molecule has 8 heteroatoms. The van der Waals surface area contributed by atoms with Crippen molar-refractivity contribution in [3.05, 3.63) is 129 Å². The molecule has 0 spiro atoms. The van der Waals surface area contributed by atoms with Gasteiger partial charge in [-0.15, -0.1) is 0 Å². The van der Waals surface area contributed by atoms with E-state index in [2.05, 4.69) is 0 Å². The van der Waals surface area contributed by atoms with Gasteiger partial charge in [0.05, 0.1) is 44.1 Å². The summed E-state index contributed by atoms with van der Waals surface area (Å²) in [5.41, 5.74) is -0.868. The Bertz CT molecular complexity index is 1840. The molecule has 1 aliphatic heterocycles. The largest absolute Gasteiger partial charge is 0.497 e. The number of rotatable bonds is 5. The third-order valence-electron chi connectivity index (χ3n) is 8.12. The Hall–Kier alpha value is -4.82. The van der Waals surface area contributed by atoms with E-state index < -0.39 is 17.1 Å². The molecular weight excluding hydrogens is 508 g/mol. The van der Waals surface area contributed by atoms with Crippen LogP contribution in [0.1, 0.15) is 33.9 Å². The Morgan fingerprint density at radius 1 is 0.875 bits per heavy atom. The average molecular weight is 535 g/mol. The second kappa shape index (κ2) is 8.59. The first-order chi connectivity index (χ1) is 19.5. The molecule has 2 aliphatic rings. The minimum atomic E-state index is -1.91. The van der Waals surface area contributed by atoms with Crippen molar-refractivity contribution in [2.24, 2.45) is 0 Å². The second-order valence-corrected chi connectivity index (χ2v) is 9.93. The van der Waals surface area contributed by atoms with Crippen LogP contribution in [0.3, 0.4) is 0 Å². The highest BCUT2D eigenvalue weighted by atomic mass is 16.5. The van der Waals surface area contributed by atoms with Gasteiger partial charge in [0, 0.05) is 23.9 Å². The van der Waals surface area contributed by atoms with E-state index >= 15 is 0 Å². The monoisotopic (exact) mass is 534 g/mol. The summed E-state index contributed by atoms with van der Waals surface area (Å²) in [6.07, 6.45) is 1.69. The lowest BCUT2D eigenvalue weighted by atomic mass is 9.70. The van der Waals surface area contributed by atoms with Crippen LogP contribution >= 0.6 is 0 Å². The van der Waals surface area contributed by atoms with Crippen molar-refractivity contribution >= 4 is 5.65 Å². The summed E-state index contributed by atoms with van der Waals surface area (Å²) in [4.78, 5) is 19.3. The Labute approximate surface area is 230 Å². The Kier molecular flexibility index (Phi) is 5.21. The molecule has 0 saturated carbocycles. The van der Waals surface area contributed by atoms with Gasteiger partial charge in [0.2, 0.25) is 0 Å². The van der Waals surface area contributed by atoms with Crippen LogP contribution in [-0.4, -0.2) is 35.8 Å². The van der Waals surface area contributed by atoms with Gasteiger partial charge < -0.3 is 24.1 Å². The number of aliphatic hydroxyl groups is 1. The van der Waals surface area contributed by atoms with E-state index in [9.17, 15) is 9.90 Å². The van der Waals surface area contributed by atoms with Crippen molar-refractivity contribution in [3.63, 3.8) is 0 Å². The fraction of sp³-hybridized carbons (Fsp3) is 0.188. The van der Waals surface area contributed by atoms with Crippen molar-refractivity contribution < 1.29 is 24.1 Å². The molecule has 0 unspecified atom stereocenters. The number of aromatic nitrogens is 2. The highest BCUT2D eigenvalue weighted by Gasteiger charge is 2.73. The summed E-state index contributed by atoms with van der Waals surface area (Å²) in [6.45, 7) is 0. The van der Waals surface area contributed by atoms with Crippen LogP contribution < -0.4 is 24.5 Å². The molecule has 3 aromatic carbocycles. The summed E-state index contributed by atoms with van der Waals surface area (Å²) in [6, 6.07) is 25.7. The standard InChI is InChI=1S/C32H26N2O6/c1-37-21-14-12-20(13-15-21)32-27(19-9-5-4-6-10-19)26-29(33-25-11-7-8-16-34(25)30(26)35)31(32,36)28-23(39-3)17-22(38-2)18-24(28)40-32/h4-18,27,36H,1-3H3/t27-,31+,32+/m1/s1. The third kappa shape index (κ3) is 2.94. The highest BCUT2D eigenvalue weighted by molar-refractivity contribution is 5.69. The molecule has 0 amide bonds. The number of benzene rings is 3. The fourth-order valence-corrected chi connectivity index (χ4v) is 6.44. The summed E-state index contributed by atoms with van der Waals surface area (Å²) >= 11 is 0. The number of hydrogen-bond acceptors (Lipinski definition) is 7. The maximum Gasteiger partial charge on any atom is 0.262 e. The van der Waals surface area contributed by atoms with E-state index in [1.807, 2.05) is 60.7 Å². The first-order valence-corrected chi connectivity index (χ1v) is 12.9. The minimum absolute atomic E-state index is 0.232. The number of hydrogen-bond donors (Lipinski definition) is 1. The molecule has 5 aromatic rings. The minimum Gasteiger partial charge on any atom is -0.497 e. The molecule has 1 aliphatic carbocycles. The highest BCUT2D eigenvalue weighted by Crippen LogP contribution is 2.69. The van der Waals surface area contributed by atoms with E-state index in [0.717, 1.165) is 5.56 Å². The first kappa shape index (κ1) is 24.2. The second-order valence-electron chi connectivity index (χ2n) is 9.93. The van der Waals surface area contributed by atoms with Gasteiger partial charge >= 0.3 is 0 Å². The van der Waals surface area contributed by atoms with Gasteiger partial charge in [-0.2, -0.15) is 0 Å². The maximum atomic E-state index is 14.3. The normalized spacial score (nSPS) is 22.2. The summed E-state index contributed by atoms with van der Waals surface area (Å²) < 4.78 is 25.2. The van der Waals surface area contributed by atoms with Crippen molar-refractivity contribution in [1.29, 1.82) is 0 Å². The van der Waals surface area contributed by atoms with Gasteiger partial charge in [-0.3, -0.25) is 9.20 Å². The van der Waals surface area contributed by atoms with Crippen LogP contribution in [0.2, 0.25) is 0 Å². The molecule has 0 bridgehead atoms. The zero-order valence-electron chi connectivity index (χ0n) is 22.1. The van der Waals surface area contributed by atoms with Crippen molar-refractivity contribution in [2.75, 3.05) is 21.3 Å². The molecule has 3 heterocycles. The van der Waals surface area contributed by atoms with E-state index in [1.165, 1.54) is 11.5 Å². The van der Waals surface area contributed by atoms with Crippen molar-refractivity contribution in [3.8, 4) is 23.0 Å². The Balaban J connectivity index is 1.68. The molecule has 7 rings (SSSR count). The smallest absolute Gasteiger partial charge is 0.262 e. The van der Waals surface area contributed by atoms with Gasteiger partial charge in [0.15, 0.2) is 11.2 Å². The molecule has 1 N–H and O–H groups in total. The van der Waals surface area contributed by atoms with Crippen LogP contribution in [0.4, 0.5) is 0 Å². The molecule has 3 atom stereocenters. The predicted molar refractivity (Wildman–Crippen MR) is 148 cm³/mol. The average Bonchev–Trinajstić information content (AvgIpc) is 3.39. The van der Waals surface area contributed by atoms with E-state index in [1.54, 1.807) is 44.7 Å². The first-order valence-electron chi connectivity index (χ1n) is 12.9. The van der Waals surface area contributed by atoms with E-state index in [-0.39, 0.29) is 11.3 Å². The lowest BCUT2D eigenvalue weighted by Crippen LogP contribution is -2.49. The molecule has 0 fully saturated rings. The van der Waals surface area contributed by atoms with Crippen LogP contribution in [0.25, 0.3) is 5.65 Å². The number of methoxy groups -OCH3 is 3. The van der Waals surface area contributed by atoms with Gasteiger partial charge in [-0.1, -0.05) is 48.5 Å². The van der Waals surface area contributed by atoms with Gasteiger partial charge in [0.25, 0.3) is 5.56 Å².